The van der Waals surface area contributed by atoms with Gasteiger partial charge in [-0.1, -0.05) is 67.4 Å². The van der Waals surface area contributed by atoms with Gasteiger partial charge in [0.2, 0.25) is 0 Å². The monoisotopic (exact) mass is 346 g/mol. The second-order valence-corrected chi connectivity index (χ2v) is 6.77. The Labute approximate surface area is 157 Å². The fourth-order valence-electron chi connectivity index (χ4n) is 3.04. The molecule has 0 radical (unpaired) electrons. The van der Waals surface area contributed by atoms with Gasteiger partial charge in [-0.05, 0) is 60.9 Å². The summed E-state index contributed by atoms with van der Waals surface area (Å²) in [7, 11) is 0. The van der Waals surface area contributed by atoms with Crippen LogP contribution in [0.2, 0.25) is 0 Å². The van der Waals surface area contributed by atoms with Gasteiger partial charge in [0.1, 0.15) is 0 Å². The van der Waals surface area contributed by atoms with Gasteiger partial charge in [0, 0.05) is 18.4 Å². The van der Waals surface area contributed by atoms with Crippen LogP contribution >= 0.6 is 0 Å². The summed E-state index contributed by atoms with van der Waals surface area (Å²) in [6.07, 6.45) is 12.4. The third-order valence-electron chi connectivity index (χ3n) is 5.35. The fourth-order valence-corrected chi connectivity index (χ4v) is 3.04. The van der Waals surface area contributed by atoms with Crippen LogP contribution in [-0.4, -0.2) is 17.6 Å². The highest BCUT2D eigenvalue weighted by Gasteiger charge is 2.20. The number of rotatable bonds is 8. The molecule has 1 unspecified atom stereocenters. The maximum Gasteiger partial charge on any atom is 0.0309 e. The quantitative estimate of drug-likeness (QED) is 0.532. The molecule has 1 atom stereocenters. The maximum atomic E-state index is 4.22. The van der Waals surface area contributed by atoms with E-state index < -0.39 is 0 Å². The summed E-state index contributed by atoms with van der Waals surface area (Å²) in [5.41, 5.74) is 4.73. The third kappa shape index (κ3) is 7.73. The number of hydrogen-bond donors (Lipinski definition) is 1. The van der Waals surface area contributed by atoms with Crippen LogP contribution < -0.4 is 5.32 Å². The number of fused-ring (bicyclic) bond motifs is 1. The van der Waals surface area contributed by atoms with E-state index in [0.717, 1.165) is 13.0 Å². The molecule has 0 amide bonds. The number of hydrogen-bond acceptors (Lipinski definition) is 2. The van der Waals surface area contributed by atoms with Gasteiger partial charge in [0.15, 0.2) is 0 Å². The Balaban J connectivity index is 0.00000134. The lowest BCUT2D eigenvalue weighted by Gasteiger charge is -2.27. The molecule has 2 nitrogen and oxygen atoms in total. The predicted molar refractivity (Wildman–Crippen MR) is 114 cm³/mol. The van der Waals surface area contributed by atoms with E-state index in [2.05, 4.69) is 50.1 Å². The Hall–Kier alpha value is -1.15. The van der Waals surface area contributed by atoms with Crippen LogP contribution in [0.4, 0.5) is 0 Å². The molecule has 0 saturated carbocycles. The van der Waals surface area contributed by atoms with E-state index in [-0.39, 0.29) is 0 Å². The first-order chi connectivity index (χ1) is 12.1. The van der Waals surface area contributed by atoms with Crippen molar-refractivity contribution in [1.82, 2.24) is 10.3 Å². The smallest absolute Gasteiger partial charge is 0.0309 e. The first-order valence-corrected chi connectivity index (χ1v) is 10.4. The van der Waals surface area contributed by atoms with Crippen molar-refractivity contribution in [3.63, 3.8) is 0 Å². The van der Waals surface area contributed by atoms with Gasteiger partial charge in [0.25, 0.3) is 0 Å². The van der Waals surface area contributed by atoms with Gasteiger partial charge >= 0.3 is 0 Å². The molecule has 0 bridgehead atoms. The zero-order chi connectivity index (χ0) is 19.3. The summed E-state index contributed by atoms with van der Waals surface area (Å²) >= 11 is 0. The predicted octanol–water partition coefficient (Wildman–Crippen LogP) is 6.66. The molecule has 0 spiro atoms. The Morgan fingerprint density at radius 2 is 1.80 bits per heavy atom. The van der Waals surface area contributed by atoms with Crippen molar-refractivity contribution in [2.24, 2.45) is 5.41 Å². The Kier molecular flexibility index (Phi) is 12.5. The number of pyridine rings is 1. The SMILES string of the molecule is CC.CC.CCC(C)(CC)CCCNC(C)C1=Cc2ccncc2C1. The molecule has 0 aliphatic heterocycles. The molecule has 1 aliphatic carbocycles. The summed E-state index contributed by atoms with van der Waals surface area (Å²) in [5.74, 6) is 0. The van der Waals surface area contributed by atoms with Crippen molar-refractivity contribution in [2.45, 2.75) is 93.5 Å². The summed E-state index contributed by atoms with van der Waals surface area (Å²) in [5, 5.41) is 3.69. The molecule has 25 heavy (non-hydrogen) atoms. The first kappa shape index (κ1) is 23.9. The number of nitrogens with zero attached hydrogens (tertiary/aromatic N) is 1. The van der Waals surface area contributed by atoms with E-state index >= 15 is 0 Å². The van der Waals surface area contributed by atoms with Crippen molar-refractivity contribution in [2.75, 3.05) is 6.54 Å². The minimum atomic E-state index is 0.465. The highest BCUT2D eigenvalue weighted by atomic mass is 14.9. The number of aromatic nitrogens is 1. The number of nitrogens with one attached hydrogen (secondary N) is 1. The van der Waals surface area contributed by atoms with E-state index in [4.69, 9.17) is 0 Å². The topological polar surface area (TPSA) is 24.9 Å². The summed E-state index contributed by atoms with van der Waals surface area (Å²) in [6, 6.07) is 2.58. The zero-order valence-corrected chi connectivity index (χ0v) is 18.1. The van der Waals surface area contributed by atoms with Crippen molar-refractivity contribution in [3.8, 4) is 0 Å². The summed E-state index contributed by atoms with van der Waals surface area (Å²) in [4.78, 5) is 4.22. The molecule has 1 N–H and O–H groups in total. The normalized spacial score (nSPS) is 13.7. The largest absolute Gasteiger partial charge is 0.311 e. The van der Waals surface area contributed by atoms with Crippen LogP contribution in [-0.2, 0) is 6.42 Å². The second-order valence-electron chi connectivity index (χ2n) is 6.77. The van der Waals surface area contributed by atoms with Gasteiger partial charge < -0.3 is 5.32 Å². The van der Waals surface area contributed by atoms with Crippen molar-refractivity contribution < 1.29 is 0 Å². The molecule has 1 aromatic rings. The van der Waals surface area contributed by atoms with Crippen LogP contribution in [0.5, 0.6) is 0 Å². The lowest BCUT2D eigenvalue weighted by molar-refractivity contribution is 0.263. The Morgan fingerprint density at radius 1 is 1.16 bits per heavy atom. The van der Waals surface area contributed by atoms with Crippen LogP contribution in [0.1, 0.15) is 92.2 Å². The molecule has 0 saturated heterocycles. The van der Waals surface area contributed by atoms with Crippen LogP contribution in [0, 0.1) is 5.41 Å². The molecular weight excluding hydrogens is 304 g/mol. The molecule has 1 aliphatic rings. The molecule has 2 heteroatoms. The van der Waals surface area contributed by atoms with E-state index in [9.17, 15) is 0 Å². The summed E-state index contributed by atoms with van der Waals surface area (Å²) in [6.45, 7) is 18.4. The first-order valence-electron chi connectivity index (χ1n) is 10.4. The average molecular weight is 347 g/mol. The zero-order valence-electron chi connectivity index (χ0n) is 18.1. The highest BCUT2D eigenvalue weighted by Crippen LogP contribution is 2.31. The van der Waals surface area contributed by atoms with Gasteiger partial charge in [-0.2, -0.15) is 0 Å². The highest BCUT2D eigenvalue weighted by molar-refractivity contribution is 5.63. The fraction of sp³-hybridized carbons (Fsp3) is 0.696. The van der Waals surface area contributed by atoms with E-state index in [1.807, 2.05) is 40.1 Å². The lowest BCUT2D eigenvalue weighted by Crippen LogP contribution is -2.29. The average Bonchev–Trinajstić information content (AvgIpc) is 3.12. The van der Waals surface area contributed by atoms with E-state index in [1.54, 1.807) is 0 Å². The molecule has 1 aromatic heterocycles. The minimum Gasteiger partial charge on any atom is -0.311 e. The van der Waals surface area contributed by atoms with Crippen LogP contribution in [0.15, 0.2) is 24.0 Å². The van der Waals surface area contributed by atoms with Gasteiger partial charge in [0.05, 0.1) is 0 Å². The van der Waals surface area contributed by atoms with Gasteiger partial charge in [-0.3, -0.25) is 4.98 Å². The van der Waals surface area contributed by atoms with Gasteiger partial charge in [-0.15, -0.1) is 0 Å². The second kappa shape index (κ2) is 13.1. The lowest BCUT2D eigenvalue weighted by atomic mass is 9.80. The molecular formula is C23H42N2. The Morgan fingerprint density at radius 3 is 2.36 bits per heavy atom. The van der Waals surface area contributed by atoms with Crippen molar-refractivity contribution >= 4 is 6.08 Å². The van der Waals surface area contributed by atoms with Crippen molar-refractivity contribution in [3.05, 3.63) is 35.2 Å². The molecule has 0 fully saturated rings. The Bertz CT molecular complexity index is 487. The molecule has 0 aromatic carbocycles. The van der Waals surface area contributed by atoms with Crippen LogP contribution in [0.3, 0.4) is 0 Å². The molecule has 2 rings (SSSR count). The standard InChI is InChI=1S/C19H30N2.2C2H6/c1-5-19(4,6-2)9-7-10-21-15(3)17-12-16-8-11-20-14-18(16)13-17;2*1-2/h8,11-12,14-15,21H,5-7,9-10,13H2,1-4H3;2*1-2H3. The van der Waals surface area contributed by atoms with Crippen LogP contribution in [0.25, 0.3) is 6.08 Å². The minimum absolute atomic E-state index is 0.465. The van der Waals surface area contributed by atoms with Crippen molar-refractivity contribution in [1.29, 1.82) is 0 Å². The van der Waals surface area contributed by atoms with Gasteiger partial charge in [-0.25, -0.2) is 0 Å². The molecule has 1 heterocycles. The summed E-state index contributed by atoms with van der Waals surface area (Å²) < 4.78 is 0. The molecule has 144 valence electrons. The van der Waals surface area contributed by atoms with E-state index in [0.29, 0.717) is 11.5 Å². The maximum absolute atomic E-state index is 4.22. The third-order valence-corrected chi connectivity index (χ3v) is 5.35. The van der Waals surface area contributed by atoms with E-state index in [1.165, 1.54) is 42.4 Å².